The van der Waals surface area contributed by atoms with E-state index in [1.165, 1.54) is 6.42 Å². The Labute approximate surface area is 161 Å². The molecule has 138 valence electrons. The lowest BCUT2D eigenvalue weighted by Crippen LogP contribution is -2.51. The average molecular weight is 383 g/mol. The monoisotopic (exact) mass is 382 g/mol. The van der Waals surface area contributed by atoms with Crippen LogP contribution in [0.15, 0.2) is 24.3 Å². The Hall–Kier alpha value is -0.770. The normalized spacial score (nSPS) is 24.3. The summed E-state index contributed by atoms with van der Waals surface area (Å²) < 4.78 is 0. The first-order valence-electron chi connectivity index (χ1n) is 9.40. The molecule has 2 heterocycles. The van der Waals surface area contributed by atoms with E-state index >= 15 is 0 Å². The number of likely N-dealkylation sites (tertiary alicyclic amines) is 1. The number of nitrogens with one attached hydrogen (secondary N) is 1. The van der Waals surface area contributed by atoms with Crippen molar-refractivity contribution in [1.82, 2.24) is 10.2 Å². The molecule has 0 atom stereocenters. The molecule has 3 nitrogen and oxygen atoms in total. The number of hydrogen-bond donors (Lipinski definition) is 1. The van der Waals surface area contributed by atoms with E-state index in [1.54, 1.807) is 0 Å². The van der Waals surface area contributed by atoms with Crippen LogP contribution in [0.3, 0.4) is 0 Å². The fourth-order valence-electron chi connectivity index (χ4n) is 5.10. The molecule has 4 rings (SSSR count). The van der Waals surface area contributed by atoms with E-state index in [4.69, 9.17) is 11.6 Å². The summed E-state index contributed by atoms with van der Waals surface area (Å²) in [5.41, 5.74) is 1.25. The van der Waals surface area contributed by atoms with Gasteiger partial charge in [-0.1, -0.05) is 36.6 Å². The van der Waals surface area contributed by atoms with Gasteiger partial charge in [0, 0.05) is 24.7 Å². The first-order valence-corrected chi connectivity index (χ1v) is 9.78. The standard InChI is InChI=1S/C20H27ClN2O.ClH/c21-17-5-3-4-16(14-17)20(6-1-2-7-20)18(24)23-12-9-19(10-13-23)8-11-22-15-19;/h3-5,14,22H,1-2,6-13,15H2;1H. The van der Waals surface area contributed by atoms with Crippen molar-refractivity contribution in [3.8, 4) is 0 Å². The van der Waals surface area contributed by atoms with Crippen LogP contribution < -0.4 is 5.32 Å². The first-order chi connectivity index (χ1) is 11.6. The maximum atomic E-state index is 13.5. The number of benzene rings is 1. The highest BCUT2D eigenvalue weighted by Crippen LogP contribution is 2.45. The third-order valence-corrected chi connectivity index (χ3v) is 6.92. The van der Waals surface area contributed by atoms with Gasteiger partial charge < -0.3 is 10.2 Å². The van der Waals surface area contributed by atoms with Gasteiger partial charge >= 0.3 is 0 Å². The van der Waals surface area contributed by atoms with Crippen LogP contribution in [0.25, 0.3) is 0 Å². The highest BCUT2D eigenvalue weighted by Gasteiger charge is 2.47. The fraction of sp³-hybridized carbons (Fsp3) is 0.650. The fourth-order valence-corrected chi connectivity index (χ4v) is 5.29. The van der Waals surface area contributed by atoms with Crippen LogP contribution in [0, 0.1) is 5.41 Å². The van der Waals surface area contributed by atoms with Crippen molar-refractivity contribution in [3.05, 3.63) is 34.9 Å². The van der Waals surface area contributed by atoms with Crippen LogP contribution in [0.4, 0.5) is 0 Å². The summed E-state index contributed by atoms with van der Waals surface area (Å²) in [6.07, 6.45) is 7.79. The van der Waals surface area contributed by atoms with Crippen molar-refractivity contribution in [2.75, 3.05) is 26.2 Å². The number of carbonyl (C=O) groups excluding carboxylic acids is 1. The van der Waals surface area contributed by atoms with E-state index in [9.17, 15) is 4.79 Å². The zero-order chi connectivity index (χ0) is 16.6. The van der Waals surface area contributed by atoms with Gasteiger partial charge in [0.25, 0.3) is 0 Å². The molecule has 1 N–H and O–H groups in total. The van der Waals surface area contributed by atoms with E-state index in [0.29, 0.717) is 11.3 Å². The van der Waals surface area contributed by atoms with E-state index in [-0.39, 0.29) is 17.8 Å². The number of hydrogen-bond acceptors (Lipinski definition) is 2. The van der Waals surface area contributed by atoms with E-state index in [2.05, 4.69) is 16.3 Å². The molecule has 3 aliphatic rings. The molecule has 0 bridgehead atoms. The van der Waals surface area contributed by atoms with Crippen LogP contribution in [0.1, 0.15) is 50.5 Å². The number of nitrogens with zero attached hydrogens (tertiary/aromatic N) is 1. The maximum absolute atomic E-state index is 13.5. The summed E-state index contributed by atoms with van der Waals surface area (Å²) in [5, 5.41) is 4.24. The lowest BCUT2D eigenvalue weighted by atomic mass is 9.74. The summed E-state index contributed by atoms with van der Waals surface area (Å²) in [6.45, 7) is 4.11. The number of halogens is 2. The van der Waals surface area contributed by atoms with Gasteiger partial charge in [-0.15, -0.1) is 12.4 Å². The minimum Gasteiger partial charge on any atom is -0.342 e. The van der Waals surface area contributed by atoms with Crippen molar-refractivity contribution in [2.45, 2.75) is 50.4 Å². The zero-order valence-corrected chi connectivity index (χ0v) is 16.3. The summed E-state index contributed by atoms with van der Waals surface area (Å²) in [7, 11) is 0. The predicted octanol–water partition coefficient (Wildman–Crippen LogP) is 4.18. The van der Waals surface area contributed by atoms with Gasteiger partial charge in [-0.3, -0.25) is 4.79 Å². The van der Waals surface area contributed by atoms with Crippen LogP contribution in [0.2, 0.25) is 5.02 Å². The third kappa shape index (κ3) is 3.43. The SMILES string of the molecule is Cl.O=C(N1CCC2(CCNC2)CC1)C1(c2cccc(Cl)c2)CCCC1. The molecule has 0 radical (unpaired) electrons. The van der Waals surface area contributed by atoms with Gasteiger partial charge in [-0.25, -0.2) is 0 Å². The van der Waals surface area contributed by atoms with Gasteiger partial charge in [0.1, 0.15) is 0 Å². The number of amides is 1. The Morgan fingerprint density at radius 3 is 2.40 bits per heavy atom. The molecule has 1 saturated carbocycles. The largest absolute Gasteiger partial charge is 0.342 e. The van der Waals surface area contributed by atoms with Gasteiger partial charge in [-0.05, 0) is 61.8 Å². The van der Waals surface area contributed by atoms with Crippen LogP contribution in [-0.2, 0) is 10.2 Å². The Bertz CT molecular complexity index is 612. The molecule has 1 aromatic rings. The number of piperidine rings is 1. The highest BCUT2D eigenvalue weighted by molar-refractivity contribution is 6.30. The molecule has 3 fully saturated rings. The zero-order valence-electron chi connectivity index (χ0n) is 14.7. The van der Waals surface area contributed by atoms with Gasteiger partial charge in [0.05, 0.1) is 5.41 Å². The molecule has 1 aliphatic carbocycles. The van der Waals surface area contributed by atoms with Crippen LogP contribution in [0.5, 0.6) is 0 Å². The van der Waals surface area contributed by atoms with Crippen LogP contribution in [-0.4, -0.2) is 37.0 Å². The highest BCUT2D eigenvalue weighted by atomic mass is 35.5. The second-order valence-electron chi connectivity index (χ2n) is 8.02. The maximum Gasteiger partial charge on any atom is 0.233 e. The topological polar surface area (TPSA) is 32.3 Å². The smallest absolute Gasteiger partial charge is 0.233 e. The minimum absolute atomic E-state index is 0. The van der Waals surface area contributed by atoms with Crippen molar-refractivity contribution >= 4 is 29.9 Å². The van der Waals surface area contributed by atoms with Crippen molar-refractivity contribution in [3.63, 3.8) is 0 Å². The molecular formula is C20H28Cl2N2O. The van der Waals surface area contributed by atoms with Crippen molar-refractivity contribution in [2.24, 2.45) is 5.41 Å². The molecule has 2 aliphatic heterocycles. The number of carbonyl (C=O) groups is 1. The Morgan fingerprint density at radius 1 is 1.08 bits per heavy atom. The molecule has 5 heteroatoms. The molecule has 1 spiro atoms. The number of rotatable bonds is 2. The van der Waals surface area contributed by atoms with E-state index < -0.39 is 0 Å². The lowest BCUT2D eigenvalue weighted by Gasteiger charge is -2.42. The first kappa shape index (κ1) is 19.0. The second kappa shape index (κ2) is 7.46. The Kier molecular flexibility index (Phi) is 5.67. The summed E-state index contributed by atoms with van der Waals surface area (Å²) in [4.78, 5) is 15.7. The molecule has 1 aromatic carbocycles. The molecule has 25 heavy (non-hydrogen) atoms. The molecule has 0 unspecified atom stereocenters. The Balaban J connectivity index is 0.00000182. The molecule has 0 aromatic heterocycles. The van der Waals surface area contributed by atoms with Gasteiger partial charge in [0.2, 0.25) is 5.91 Å². The van der Waals surface area contributed by atoms with E-state index in [1.807, 2.05) is 18.2 Å². The van der Waals surface area contributed by atoms with Crippen molar-refractivity contribution < 1.29 is 4.79 Å². The third-order valence-electron chi connectivity index (χ3n) is 6.69. The van der Waals surface area contributed by atoms with Crippen LogP contribution >= 0.6 is 24.0 Å². The molecule has 2 saturated heterocycles. The summed E-state index contributed by atoms with van der Waals surface area (Å²) >= 11 is 6.23. The summed E-state index contributed by atoms with van der Waals surface area (Å²) in [6, 6.07) is 7.99. The van der Waals surface area contributed by atoms with E-state index in [0.717, 1.165) is 75.3 Å². The minimum atomic E-state index is -0.330. The van der Waals surface area contributed by atoms with Gasteiger partial charge in [-0.2, -0.15) is 0 Å². The average Bonchev–Trinajstić information content (AvgIpc) is 3.26. The second-order valence-corrected chi connectivity index (χ2v) is 8.45. The predicted molar refractivity (Wildman–Crippen MR) is 105 cm³/mol. The van der Waals surface area contributed by atoms with Crippen molar-refractivity contribution in [1.29, 1.82) is 0 Å². The molecular weight excluding hydrogens is 355 g/mol. The lowest BCUT2D eigenvalue weighted by molar-refractivity contribution is -0.139. The quantitative estimate of drug-likeness (QED) is 0.831. The summed E-state index contributed by atoms with van der Waals surface area (Å²) in [5.74, 6) is 0.350. The molecule has 1 amide bonds. The Morgan fingerprint density at radius 2 is 1.80 bits per heavy atom. The van der Waals surface area contributed by atoms with Gasteiger partial charge in [0.15, 0.2) is 0 Å².